The molecule has 2 aliphatic heterocycles. The lowest BCUT2D eigenvalue weighted by atomic mass is 9.63. The highest BCUT2D eigenvalue weighted by Gasteiger charge is 2.62. The van der Waals surface area contributed by atoms with Gasteiger partial charge in [-0.25, -0.2) is 4.79 Å². The second-order valence-corrected chi connectivity index (χ2v) is 9.34. The number of esters is 1. The molecular formula is C27H26ClN3O5. The zero-order valence-electron chi connectivity index (χ0n) is 20.2. The van der Waals surface area contributed by atoms with Gasteiger partial charge in [-0.2, -0.15) is 0 Å². The standard InChI is InChI=1S/C27H26ClN3O5/c1-4-36-25(33)23-24(29)31(19-12-14(2)16(28)13-21(19)35-3)18-10-7-11-20(32)22(18)27(23)15-8-5-6-9-17(15)30-26(27)34/h5-6,8-9,12-13H,4,7,10-11,29H2,1-3H3,(H,30,34). The average Bonchev–Trinajstić information content (AvgIpc) is 3.13. The third-order valence-corrected chi connectivity index (χ3v) is 7.41. The number of amides is 1. The topological polar surface area (TPSA) is 111 Å². The van der Waals surface area contributed by atoms with Crippen molar-refractivity contribution in [1.82, 2.24) is 0 Å². The molecule has 0 radical (unpaired) electrons. The lowest BCUT2D eigenvalue weighted by molar-refractivity contribution is -0.140. The number of carbonyl (C=O) groups is 3. The maximum Gasteiger partial charge on any atom is 0.339 e. The van der Waals surface area contributed by atoms with Gasteiger partial charge in [0.2, 0.25) is 5.91 Å². The van der Waals surface area contributed by atoms with Crippen LogP contribution in [0.25, 0.3) is 0 Å². The van der Waals surface area contributed by atoms with Gasteiger partial charge in [0.05, 0.1) is 19.4 Å². The summed E-state index contributed by atoms with van der Waals surface area (Å²) in [5.74, 6) is -1.06. The quantitative estimate of drug-likeness (QED) is 0.599. The van der Waals surface area contributed by atoms with Crippen LogP contribution in [-0.4, -0.2) is 31.4 Å². The molecule has 0 bridgehead atoms. The Morgan fingerprint density at radius 3 is 2.69 bits per heavy atom. The van der Waals surface area contributed by atoms with Crippen molar-refractivity contribution in [3.63, 3.8) is 0 Å². The molecule has 3 aliphatic rings. The van der Waals surface area contributed by atoms with Crippen LogP contribution < -0.4 is 20.7 Å². The van der Waals surface area contributed by atoms with Crippen LogP contribution in [0.1, 0.15) is 37.3 Å². The van der Waals surface area contributed by atoms with Crippen molar-refractivity contribution in [1.29, 1.82) is 0 Å². The molecule has 0 saturated heterocycles. The van der Waals surface area contributed by atoms with Crippen molar-refractivity contribution in [3.8, 4) is 5.75 Å². The van der Waals surface area contributed by atoms with Gasteiger partial charge < -0.3 is 20.5 Å². The number of hydrogen-bond donors (Lipinski definition) is 2. The smallest absolute Gasteiger partial charge is 0.339 e. The molecule has 1 atom stereocenters. The molecule has 36 heavy (non-hydrogen) atoms. The van der Waals surface area contributed by atoms with Gasteiger partial charge in [-0.15, -0.1) is 0 Å². The Kier molecular flexibility index (Phi) is 5.79. The third kappa shape index (κ3) is 3.17. The van der Waals surface area contributed by atoms with E-state index in [4.69, 9.17) is 26.8 Å². The highest BCUT2D eigenvalue weighted by molar-refractivity contribution is 6.31. The molecule has 2 aromatic rings. The summed E-state index contributed by atoms with van der Waals surface area (Å²) in [6.07, 6.45) is 1.29. The molecule has 5 rings (SSSR count). The van der Waals surface area contributed by atoms with E-state index in [1.807, 2.05) is 6.92 Å². The van der Waals surface area contributed by atoms with E-state index in [2.05, 4.69) is 5.32 Å². The number of rotatable bonds is 4. The predicted octanol–water partition coefficient (Wildman–Crippen LogP) is 4.11. The van der Waals surface area contributed by atoms with E-state index in [0.717, 1.165) is 5.56 Å². The number of ether oxygens (including phenoxy) is 2. The maximum absolute atomic E-state index is 13.9. The van der Waals surface area contributed by atoms with Gasteiger partial charge in [0.15, 0.2) is 5.78 Å². The number of benzene rings is 2. The lowest BCUT2D eigenvalue weighted by Crippen LogP contribution is -2.53. The Labute approximate surface area is 213 Å². The number of anilines is 2. The van der Waals surface area contributed by atoms with Gasteiger partial charge in [0.25, 0.3) is 0 Å². The second kappa shape index (κ2) is 8.71. The number of Topliss-reactive ketones (excluding diaryl/α,β-unsaturated/α-hetero) is 1. The lowest BCUT2D eigenvalue weighted by Gasteiger charge is -2.44. The Hall–Kier alpha value is -3.78. The van der Waals surface area contributed by atoms with Gasteiger partial charge in [0.1, 0.15) is 22.6 Å². The van der Waals surface area contributed by atoms with Gasteiger partial charge in [-0.05, 0) is 44.4 Å². The van der Waals surface area contributed by atoms with Crippen LogP contribution in [0.2, 0.25) is 5.02 Å². The fourth-order valence-corrected chi connectivity index (χ4v) is 5.68. The number of halogens is 1. The Bertz CT molecular complexity index is 1400. The molecule has 3 N–H and O–H groups in total. The molecule has 9 heteroatoms. The van der Waals surface area contributed by atoms with Crippen LogP contribution in [0, 0.1) is 6.92 Å². The van der Waals surface area contributed by atoms with Gasteiger partial charge in [0, 0.05) is 40.0 Å². The van der Waals surface area contributed by atoms with Crippen molar-refractivity contribution >= 4 is 40.6 Å². The number of nitrogens with zero attached hydrogens (tertiary/aromatic N) is 1. The summed E-state index contributed by atoms with van der Waals surface area (Å²) in [4.78, 5) is 42.8. The number of ketones is 1. The first-order valence-electron chi connectivity index (χ1n) is 11.8. The monoisotopic (exact) mass is 507 g/mol. The first kappa shape index (κ1) is 23.9. The Morgan fingerprint density at radius 1 is 1.22 bits per heavy atom. The molecular weight excluding hydrogens is 482 g/mol. The summed E-state index contributed by atoms with van der Waals surface area (Å²) in [7, 11) is 1.50. The minimum absolute atomic E-state index is 0.00813. The van der Waals surface area contributed by atoms with Crippen LogP contribution in [0.4, 0.5) is 11.4 Å². The number of para-hydroxylation sites is 1. The normalized spacial score (nSPS) is 20.9. The first-order valence-corrected chi connectivity index (χ1v) is 12.1. The van der Waals surface area contributed by atoms with E-state index in [1.54, 1.807) is 48.2 Å². The summed E-state index contributed by atoms with van der Waals surface area (Å²) in [5.41, 5.74) is 8.11. The van der Waals surface area contributed by atoms with Crippen LogP contribution in [-0.2, 0) is 24.5 Å². The zero-order chi connectivity index (χ0) is 25.8. The molecule has 8 nitrogen and oxygen atoms in total. The fourth-order valence-electron chi connectivity index (χ4n) is 5.53. The number of methoxy groups -OCH3 is 1. The molecule has 0 saturated carbocycles. The average molecular weight is 508 g/mol. The van der Waals surface area contributed by atoms with Crippen molar-refractivity contribution < 1.29 is 23.9 Å². The fraction of sp³-hybridized carbons (Fsp3) is 0.296. The van der Waals surface area contributed by atoms with E-state index < -0.39 is 17.3 Å². The molecule has 1 amide bonds. The molecule has 0 aromatic heterocycles. The highest BCUT2D eigenvalue weighted by Crippen LogP contribution is 2.56. The summed E-state index contributed by atoms with van der Waals surface area (Å²) in [6.45, 7) is 3.58. The number of nitrogens with two attached hydrogens (primary N) is 1. The Morgan fingerprint density at radius 2 is 1.97 bits per heavy atom. The van der Waals surface area contributed by atoms with E-state index in [1.165, 1.54) is 7.11 Å². The SMILES string of the molecule is CCOC(=O)C1=C(N)N(c2cc(C)c(Cl)cc2OC)C2=C(C(=O)CCC2)C12C(=O)Nc1ccccc12. The van der Waals surface area contributed by atoms with Crippen molar-refractivity contribution in [2.75, 3.05) is 23.9 Å². The van der Waals surface area contributed by atoms with Crippen molar-refractivity contribution in [3.05, 3.63) is 75.2 Å². The number of fused-ring (bicyclic) bond motifs is 3. The van der Waals surface area contributed by atoms with Gasteiger partial charge >= 0.3 is 5.97 Å². The minimum Gasteiger partial charge on any atom is -0.495 e. The van der Waals surface area contributed by atoms with Crippen LogP contribution in [0.3, 0.4) is 0 Å². The number of nitrogens with one attached hydrogen (secondary N) is 1. The maximum atomic E-state index is 13.9. The summed E-state index contributed by atoms with van der Waals surface area (Å²) >= 11 is 6.36. The number of aryl methyl sites for hydroxylation is 1. The molecule has 0 fully saturated rings. The highest BCUT2D eigenvalue weighted by atomic mass is 35.5. The molecule has 186 valence electrons. The minimum atomic E-state index is -1.72. The number of carbonyl (C=O) groups excluding carboxylic acids is 3. The number of allylic oxidation sites excluding steroid dienone is 1. The molecule has 2 heterocycles. The molecule has 1 aliphatic carbocycles. The summed E-state index contributed by atoms with van der Waals surface area (Å²) in [5, 5.41) is 3.36. The molecule has 1 unspecified atom stereocenters. The second-order valence-electron chi connectivity index (χ2n) is 8.94. The molecule has 2 aromatic carbocycles. The van der Waals surface area contributed by atoms with Crippen LogP contribution in [0.5, 0.6) is 5.75 Å². The largest absolute Gasteiger partial charge is 0.495 e. The van der Waals surface area contributed by atoms with Crippen LogP contribution >= 0.6 is 11.6 Å². The van der Waals surface area contributed by atoms with E-state index in [-0.39, 0.29) is 35.8 Å². The summed E-state index contributed by atoms with van der Waals surface area (Å²) < 4.78 is 11.1. The van der Waals surface area contributed by atoms with Crippen molar-refractivity contribution in [2.24, 2.45) is 5.73 Å². The Balaban J connectivity index is 1.92. The number of hydrogen-bond acceptors (Lipinski definition) is 7. The van der Waals surface area contributed by atoms with Gasteiger partial charge in [-0.3, -0.25) is 14.5 Å². The van der Waals surface area contributed by atoms with E-state index in [0.29, 0.717) is 46.2 Å². The summed E-state index contributed by atoms with van der Waals surface area (Å²) in [6, 6.07) is 10.5. The predicted molar refractivity (Wildman–Crippen MR) is 136 cm³/mol. The zero-order valence-corrected chi connectivity index (χ0v) is 21.0. The van der Waals surface area contributed by atoms with Gasteiger partial charge in [-0.1, -0.05) is 29.8 Å². The van der Waals surface area contributed by atoms with Crippen LogP contribution in [0.15, 0.2) is 59.1 Å². The van der Waals surface area contributed by atoms with Crippen molar-refractivity contribution in [2.45, 2.75) is 38.5 Å². The van der Waals surface area contributed by atoms with E-state index in [9.17, 15) is 14.4 Å². The molecule has 1 spiro atoms. The van der Waals surface area contributed by atoms with E-state index >= 15 is 0 Å². The third-order valence-electron chi connectivity index (χ3n) is 7.00. The first-order chi connectivity index (χ1) is 17.3.